The van der Waals surface area contributed by atoms with Crippen molar-refractivity contribution in [2.75, 3.05) is 0 Å². The molecule has 11 heavy (non-hydrogen) atoms. The van der Waals surface area contributed by atoms with Crippen molar-refractivity contribution in [1.82, 2.24) is 0 Å². The first-order valence-corrected chi connectivity index (χ1v) is 7.83. The molecule has 0 N–H and O–H groups in total. The van der Waals surface area contributed by atoms with E-state index < -0.39 is 8.07 Å². The second kappa shape index (κ2) is 3.22. The van der Waals surface area contributed by atoms with Crippen molar-refractivity contribution in [3.8, 4) is 0 Å². The van der Waals surface area contributed by atoms with Gasteiger partial charge in [-0.1, -0.05) is 50.0 Å². The van der Waals surface area contributed by atoms with Crippen LogP contribution in [0.2, 0.25) is 25.7 Å². The summed E-state index contributed by atoms with van der Waals surface area (Å²) in [4.78, 5) is 0. The van der Waals surface area contributed by atoms with Crippen LogP contribution in [0.4, 0.5) is 0 Å². The molecule has 0 saturated carbocycles. The second-order valence-electron chi connectivity index (χ2n) is 4.19. The van der Waals surface area contributed by atoms with Gasteiger partial charge < -0.3 is 0 Å². The van der Waals surface area contributed by atoms with Gasteiger partial charge in [-0.05, 0) is 11.6 Å². The summed E-state index contributed by atoms with van der Waals surface area (Å²) in [7, 11) is -0.869. The summed E-state index contributed by atoms with van der Waals surface area (Å²) < 4.78 is 0. The molecule has 0 aromatic heterocycles. The maximum atomic E-state index is 2.40. The molecule has 0 saturated heterocycles. The SMILES string of the molecule is C[Si](C)(C)CC=C1C=CC=C1. The predicted molar refractivity (Wildman–Crippen MR) is 54.5 cm³/mol. The second-order valence-corrected chi connectivity index (χ2v) is 9.72. The Hall–Kier alpha value is -0.563. The minimum absolute atomic E-state index is 0.869. The summed E-state index contributed by atoms with van der Waals surface area (Å²) in [5.41, 5.74) is 1.38. The van der Waals surface area contributed by atoms with E-state index in [4.69, 9.17) is 0 Å². The van der Waals surface area contributed by atoms with Crippen molar-refractivity contribution in [2.45, 2.75) is 25.7 Å². The summed E-state index contributed by atoms with van der Waals surface area (Å²) in [5, 5.41) is 0. The van der Waals surface area contributed by atoms with Gasteiger partial charge in [-0.3, -0.25) is 0 Å². The van der Waals surface area contributed by atoms with Gasteiger partial charge in [-0.25, -0.2) is 0 Å². The molecule has 0 amide bonds. The van der Waals surface area contributed by atoms with Gasteiger partial charge in [0.2, 0.25) is 0 Å². The highest BCUT2D eigenvalue weighted by molar-refractivity contribution is 6.76. The molecule has 0 spiro atoms. The molecule has 0 heterocycles. The molecule has 0 aliphatic heterocycles. The van der Waals surface area contributed by atoms with E-state index in [9.17, 15) is 0 Å². The molecule has 0 nitrogen and oxygen atoms in total. The molecule has 60 valence electrons. The van der Waals surface area contributed by atoms with Gasteiger partial charge in [0.25, 0.3) is 0 Å². The normalized spacial score (nSPS) is 16.1. The molecular formula is C10H16Si. The molecule has 0 bridgehead atoms. The van der Waals surface area contributed by atoms with Crippen molar-refractivity contribution >= 4 is 8.07 Å². The van der Waals surface area contributed by atoms with Crippen LogP contribution in [-0.4, -0.2) is 8.07 Å². The largest absolute Gasteiger partial charge is 0.0799 e. The first-order chi connectivity index (χ1) is 5.08. The highest BCUT2D eigenvalue weighted by atomic mass is 28.3. The van der Waals surface area contributed by atoms with Gasteiger partial charge in [0.05, 0.1) is 0 Å². The summed E-state index contributed by atoms with van der Waals surface area (Å²) in [6, 6.07) is 1.29. The van der Waals surface area contributed by atoms with Crippen LogP contribution in [0.25, 0.3) is 0 Å². The third-order valence-corrected chi connectivity index (χ3v) is 3.07. The van der Waals surface area contributed by atoms with Crippen LogP contribution >= 0.6 is 0 Å². The standard InChI is InChI=1S/C10H16Si/c1-11(2,3)9-8-10-6-4-5-7-10/h4-8H,9H2,1-3H3. The van der Waals surface area contributed by atoms with Gasteiger partial charge in [0, 0.05) is 8.07 Å². The number of hydrogen-bond donors (Lipinski definition) is 0. The van der Waals surface area contributed by atoms with Crippen LogP contribution in [0.15, 0.2) is 36.0 Å². The number of hydrogen-bond acceptors (Lipinski definition) is 0. The Labute approximate surface area is 70.3 Å². The van der Waals surface area contributed by atoms with E-state index in [2.05, 4.69) is 50.0 Å². The molecule has 0 aromatic carbocycles. The Morgan fingerprint density at radius 3 is 2.18 bits per heavy atom. The summed E-state index contributed by atoms with van der Waals surface area (Å²) in [6.45, 7) is 7.19. The fourth-order valence-corrected chi connectivity index (χ4v) is 1.80. The summed E-state index contributed by atoms with van der Waals surface area (Å²) in [6.07, 6.45) is 10.9. The molecule has 0 fully saturated rings. The number of rotatable bonds is 2. The highest BCUT2D eigenvalue weighted by Crippen LogP contribution is 2.14. The lowest BCUT2D eigenvalue weighted by atomic mass is 10.3. The van der Waals surface area contributed by atoms with Crippen LogP contribution in [0, 0.1) is 0 Å². The maximum Gasteiger partial charge on any atom is 0.0480 e. The first-order valence-electron chi connectivity index (χ1n) is 4.13. The topological polar surface area (TPSA) is 0 Å². The van der Waals surface area contributed by atoms with Gasteiger partial charge in [0.1, 0.15) is 0 Å². The van der Waals surface area contributed by atoms with E-state index in [1.54, 1.807) is 0 Å². The lowest BCUT2D eigenvalue weighted by Gasteiger charge is -2.11. The number of allylic oxidation sites excluding steroid dienone is 6. The third-order valence-electron chi connectivity index (χ3n) is 1.64. The minimum atomic E-state index is -0.869. The quantitative estimate of drug-likeness (QED) is 0.549. The van der Waals surface area contributed by atoms with Crippen molar-refractivity contribution in [1.29, 1.82) is 0 Å². The molecule has 1 rings (SSSR count). The van der Waals surface area contributed by atoms with Crippen molar-refractivity contribution in [3.63, 3.8) is 0 Å². The lowest BCUT2D eigenvalue weighted by Crippen LogP contribution is -2.17. The Bertz CT molecular complexity index is 200. The average molecular weight is 164 g/mol. The van der Waals surface area contributed by atoms with Crippen molar-refractivity contribution in [3.05, 3.63) is 36.0 Å². The van der Waals surface area contributed by atoms with Gasteiger partial charge >= 0.3 is 0 Å². The first kappa shape index (κ1) is 8.53. The maximum absolute atomic E-state index is 2.40. The average Bonchev–Trinajstić information content (AvgIpc) is 2.32. The highest BCUT2D eigenvalue weighted by Gasteiger charge is 2.10. The molecule has 0 atom stereocenters. The molecule has 1 aliphatic rings. The van der Waals surface area contributed by atoms with Crippen molar-refractivity contribution in [2.24, 2.45) is 0 Å². The van der Waals surface area contributed by atoms with E-state index in [1.807, 2.05) is 0 Å². The fourth-order valence-electron chi connectivity index (χ4n) is 0.949. The Morgan fingerprint density at radius 2 is 1.73 bits per heavy atom. The third kappa shape index (κ3) is 3.37. The molecule has 1 aliphatic carbocycles. The van der Waals surface area contributed by atoms with E-state index in [0.717, 1.165) is 0 Å². The van der Waals surface area contributed by atoms with E-state index in [0.29, 0.717) is 0 Å². The fraction of sp³-hybridized carbons (Fsp3) is 0.400. The van der Waals surface area contributed by atoms with Gasteiger partial charge in [0.15, 0.2) is 0 Å². The van der Waals surface area contributed by atoms with E-state index in [-0.39, 0.29) is 0 Å². The van der Waals surface area contributed by atoms with E-state index in [1.165, 1.54) is 11.6 Å². The predicted octanol–water partition coefficient (Wildman–Crippen LogP) is 3.38. The van der Waals surface area contributed by atoms with Gasteiger partial charge in [-0.2, -0.15) is 0 Å². The van der Waals surface area contributed by atoms with Crippen LogP contribution in [-0.2, 0) is 0 Å². The molecule has 0 aromatic rings. The van der Waals surface area contributed by atoms with Crippen LogP contribution in [0.3, 0.4) is 0 Å². The lowest BCUT2D eigenvalue weighted by molar-refractivity contribution is 1.48. The van der Waals surface area contributed by atoms with Crippen LogP contribution < -0.4 is 0 Å². The zero-order valence-electron chi connectivity index (χ0n) is 7.59. The molecule has 0 unspecified atom stereocenters. The smallest absolute Gasteiger partial charge is 0.0480 e. The Kier molecular flexibility index (Phi) is 2.50. The van der Waals surface area contributed by atoms with Crippen molar-refractivity contribution < 1.29 is 0 Å². The van der Waals surface area contributed by atoms with E-state index >= 15 is 0 Å². The summed E-state index contributed by atoms with van der Waals surface area (Å²) >= 11 is 0. The summed E-state index contributed by atoms with van der Waals surface area (Å²) in [5.74, 6) is 0. The van der Waals surface area contributed by atoms with Gasteiger partial charge in [-0.15, -0.1) is 0 Å². The Morgan fingerprint density at radius 1 is 1.18 bits per heavy atom. The molecule has 0 radical (unpaired) electrons. The monoisotopic (exact) mass is 164 g/mol. The zero-order valence-corrected chi connectivity index (χ0v) is 8.59. The molecular weight excluding hydrogens is 148 g/mol. The molecule has 1 heteroatoms. The minimum Gasteiger partial charge on any atom is -0.0799 e. The zero-order chi connectivity index (χ0) is 8.32. The van der Waals surface area contributed by atoms with Crippen LogP contribution in [0.1, 0.15) is 0 Å². The Balaban J connectivity index is 2.48. The van der Waals surface area contributed by atoms with Crippen LogP contribution in [0.5, 0.6) is 0 Å².